The first-order valence-electron chi connectivity index (χ1n) is 6.69. The summed E-state index contributed by atoms with van der Waals surface area (Å²) in [5, 5.41) is 14.5. The number of hydrogen-bond acceptors (Lipinski definition) is 6. The average Bonchev–Trinajstić information content (AvgIpc) is 2.57. The lowest BCUT2D eigenvalue weighted by Crippen LogP contribution is -1.99. The van der Waals surface area contributed by atoms with Gasteiger partial charge in [0.2, 0.25) is 0 Å². The molecule has 0 atom stereocenters. The monoisotopic (exact) mass is 348 g/mol. The van der Waals surface area contributed by atoms with Crippen LogP contribution in [0.5, 0.6) is 5.75 Å². The number of fused-ring (bicyclic) bond motifs is 1. The maximum absolute atomic E-state index is 13.6. The van der Waals surface area contributed by atoms with E-state index < -0.39 is 10.7 Å². The molecule has 0 aliphatic carbocycles. The van der Waals surface area contributed by atoms with E-state index in [-0.39, 0.29) is 16.5 Å². The summed E-state index contributed by atoms with van der Waals surface area (Å²) < 4.78 is 18.6. The van der Waals surface area contributed by atoms with Gasteiger partial charge in [0.1, 0.15) is 18.0 Å². The number of rotatable bonds is 4. The molecule has 0 radical (unpaired) electrons. The van der Waals surface area contributed by atoms with Crippen molar-refractivity contribution in [1.82, 2.24) is 9.97 Å². The summed E-state index contributed by atoms with van der Waals surface area (Å²) in [5.41, 5.74) is 0.630. The average molecular weight is 349 g/mol. The molecule has 0 aliphatic heterocycles. The van der Waals surface area contributed by atoms with Crippen LogP contribution in [-0.4, -0.2) is 22.0 Å². The van der Waals surface area contributed by atoms with Crippen LogP contribution in [0.4, 0.5) is 21.6 Å². The van der Waals surface area contributed by atoms with Crippen molar-refractivity contribution >= 4 is 39.7 Å². The van der Waals surface area contributed by atoms with E-state index in [2.05, 4.69) is 15.3 Å². The first-order valence-corrected chi connectivity index (χ1v) is 7.06. The highest BCUT2D eigenvalue weighted by Gasteiger charge is 2.18. The fourth-order valence-electron chi connectivity index (χ4n) is 2.19. The molecule has 0 spiro atoms. The van der Waals surface area contributed by atoms with Crippen LogP contribution in [0.2, 0.25) is 5.02 Å². The Morgan fingerprint density at radius 3 is 2.75 bits per heavy atom. The third-order valence-electron chi connectivity index (χ3n) is 3.31. The van der Waals surface area contributed by atoms with Crippen LogP contribution in [0.15, 0.2) is 36.7 Å². The van der Waals surface area contributed by atoms with Crippen molar-refractivity contribution in [2.45, 2.75) is 0 Å². The molecule has 0 unspecified atom stereocenters. The Hall–Kier alpha value is -3.00. The first kappa shape index (κ1) is 15.9. The van der Waals surface area contributed by atoms with E-state index in [1.807, 2.05) is 0 Å². The number of nitrogens with zero attached hydrogens (tertiary/aromatic N) is 3. The molecule has 0 bridgehead atoms. The number of nitro benzene ring substituents is 1. The van der Waals surface area contributed by atoms with Gasteiger partial charge in [-0.1, -0.05) is 11.6 Å². The zero-order valence-electron chi connectivity index (χ0n) is 12.3. The largest absolute Gasteiger partial charge is 0.490 e. The van der Waals surface area contributed by atoms with Gasteiger partial charge in [0.05, 0.1) is 28.0 Å². The summed E-state index contributed by atoms with van der Waals surface area (Å²) in [4.78, 5) is 18.8. The highest BCUT2D eigenvalue weighted by atomic mass is 35.5. The molecule has 3 rings (SSSR count). The minimum absolute atomic E-state index is 0.00605. The van der Waals surface area contributed by atoms with Crippen molar-refractivity contribution in [2.75, 3.05) is 12.4 Å². The van der Waals surface area contributed by atoms with Gasteiger partial charge in [0, 0.05) is 17.8 Å². The molecule has 0 fully saturated rings. The summed E-state index contributed by atoms with van der Waals surface area (Å²) in [6.07, 6.45) is 1.29. The predicted octanol–water partition coefficient (Wildman–Crippen LogP) is 4.08. The first-order chi connectivity index (χ1) is 11.5. The van der Waals surface area contributed by atoms with Crippen molar-refractivity contribution < 1.29 is 14.1 Å². The molecule has 9 heteroatoms. The van der Waals surface area contributed by atoms with E-state index in [0.717, 1.165) is 0 Å². The van der Waals surface area contributed by atoms with E-state index >= 15 is 0 Å². The number of halogens is 2. The normalized spacial score (nSPS) is 10.6. The number of nitrogens with one attached hydrogen (secondary N) is 1. The number of nitro groups is 1. The lowest BCUT2D eigenvalue weighted by Gasteiger charge is -2.10. The minimum Gasteiger partial charge on any atom is -0.490 e. The molecule has 3 aromatic rings. The zero-order chi connectivity index (χ0) is 17.3. The Bertz CT molecular complexity index is 951. The molecule has 0 amide bonds. The quantitative estimate of drug-likeness (QED) is 0.564. The molecular weight excluding hydrogens is 339 g/mol. The van der Waals surface area contributed by atoms with Gasteiger partial charge in [0.15, 0.2) is 5.75 Å². The Morgan fingerprint density at radius 1 is 1.29 bits per heavy atom. The summed E-state index contributed by atoms with van der Waals surface area (Å²) in [6.45, 7) is 0. The highest BCUT2D eigenvalue weighted by molar-refractivity contribution is 6.30. The standard InChI is InChI=1S/C15H10ClFN4O3/c1-24-14-6-12-9(5-13(14)21(22)23)15(19-7-18-12)20-8-2-3-10(16)11(17)4-8/h2-7H,1H3,(H,18,19,20). The molecule has 2 aromatic carbocycles. The fraction of sp³-hybridized carbons (Fsp3) is 0.0667. The Balaban J connectivity index is 2.12. The summed E-state index contributed by atoms with van der Waals surface area (Å²) in [7, 11) is 1.34. The lowest BCUT2D eigenvalue weighted by atomic mass is 10.2. The number of benzene rings is 2. The third-order valence-corrected chi connectivity index (χ3v) is 3.62. The molecule has 1 aromatic heterocycles. The molecule has 1 N–H and O–H groups in total. The lowest BCUT2D eigenvalue weighted by molar-refractivity contribution is -0.385. The molecular formula is C15H10ClFN4O3. The van der Waals surface area contributed by atoms with Crippen molar-refractivity contribution in [3.05, 3.63) is 57.6 Å². The molecule has 0 saturated carbocycles. The molecule has 0 saturated heterocycles. The van der Waals surface area contributed by atoms with Crippen LogP contribution in [0, 0.1) is 15.9 Å². The van der Waals surface area contributed by atoms with Crippen LogP contribution in [0.3, 0.4) is 0 Å². The maximum Gasteiger partial charge on any atom is 0.311 e. The van der Waals surface area contributed by atoms with Crippen LogP contribution in [0.25, 0.3) is 10.9 Å². The molecule has 24 heavy (non-hydrogen) atoms. The van der Waals surface area contributed by atoms with Crippen molar-refractivity contribution in [2.24, 2.45) is 0 Å². The van der Waals surface area contributed by atoms with E-state index in [1.165, 1.54) is 37.7 Å². The Labute approximate surface area is 140 Å². The third kappa shape index (κ3) is 2.91. The number of ether oxygens (including phenoxy) is 1. The van der Waals surface area contributed by atoms with Crippen LogP contribution >= 0.6 is 11.6 Å². The summed E-state index contributed by atoms with van der Waals surface area (Å²) in [6, 6.07) is 6.92. The summed E-state index contributed by atoms with van der Waals surface area (Å²) >= 11 is 5.65. The Morgan fingerprint density at radius 2 is 2.08 bits per heavy atom. The van der Waals surface area contributed by atoms with Gasteiger partial charge in [0.25, 0.3) is 0 Å². The van der Waals surface area contributed by atoms with Gasteiger partial charge in [-0.2, -0.15) is 0 Å². The van der Waals surface area contributed by atoms with Gasteiger partial charge >= 0.3 is 5.69 Å². The fourth-order valence-corrected chi connectivity index (χ4v) is 2.31. The summed E-state index contributed by atoms with van der Waals surface area (Å²) in [5.74, 6) is -0.199. The van der Waals surface area contributed by atoms with Gasteiger partial charge in [-0.25, -0.2) is 14.4 Å². The van der Waals surface area contributed by atoms with Gasteiger partial charge in [-0.15, -0.1) is 0 Å². The predicted molar refractivity (Wildman–Crippen MR) is 87.4 cm³/mol. The topological polar surface area (TPSA) is 90.2 Å². The van der Waals surface area contributed by atoms with Gasteiger partial charge in [-0.3, -0.25) is 10.1 Å². The number of methoxy groups -OCH3 is 1. The second-order valence-corrected chi connectivity index (χ2v) is 5.18. The molecule has 7 nitrogen and oxygen atoms in total. The van der Waals surface area contributed by atoms with Gasteiger partial charge in [-0.05, 0) is 18.2 Å². The zero-order valence-corrected chi connectivity index (χ0v) is 13.0. The molecule has 1 heterocycles. The highest BCUT2D eigenvalue weighted by Crippen LogP contribution is 2.34. The Kier molecular flexibility index (Phi) is 4.13. The number of hydrogen-bond donors (Lipinski definition) is 1. The van der Waals surface area contributed by atoms with Crippen LogP contribution in [0.1, 0.15) is 0 Å². The smallest absolute Gasteiger partial charge is 0.311 e. The maximum atomic E-state index is 13.6. The molecule has 122 valence electrons. The van der Waals surface area contributed by atoms with Crippen molar-refractivity contribution in [3.63, 3.8) is 0 Å². The minimum atomic E-state index is -0.590. The number of aromatic nitrogens is 2. The second-order valence-electron chi connectivity index (χ2n) is 4.77. The SMILES string of the molecule is COc1cc2ncnc(Nc3ccc(Cl)c(F)c3)c2cc1[N+](=O)[O-]. The van der Waals surface area contributed by atoms with Crippen molar-refractivity contribution in [1.29, 1.82) is 0 Å². The van der Waals surface area contributed by atoms with Crippen LogP contribution < -0.4 is 10.1 Å². The van der Waals surface area contributed by atoms with E-state index in [1.54, 1.807) is 6.07 Å². The van der Waals surface area contributed by atoms with E-state index in [0.29, 0.717) is 22.4 Å². The van der Waals surface area contributed by atoms with Crippen molar-refractivity contribution in [3.8, 4) is 5.75 Å². The second kappa shape index (κ2) is 6.25. The van der Waals surface area contributed by atoms with E-state index in [4.69, 9.17) is 16.3 Å². The van der Waals surface area contributed by atoms with Gasteiger partial charge < -0.3 is 10.1 Å². The van der Waals surface area contributed by atoms with Crippen LogP contribution in [-0.2, 0) is 0 Å². The number of anilines is 2. The molecule has 0 aliphatic rings. The van der Waals surface area contributed by atoms with E-state index in [9.17, 15) is 14.5 Å².